The number of amides is 1. The van der Waals surface area contributed by atoms with E-state index >= 15 is 0 Å². The summed E-state index contributed by atoms with van der Waals surface area (Å²) in [5.41, 5.74) is 5.95. The average Bonchev–Trinajstić information content (AvgIpc) is 2.90. The lowest BCUT2D eigenvalue weighted by Gasteiger charge is -2.34. The first-order chi connectivity index (χ1) is 9.08. The maximum absolute atomic E-state index is 12.3. The van der Waals surface area contributed by atoms with Crippen molar-refractivity contribution >= 4 is 5.91 Å². The Morgan fingerprint density at radius 2 is 2.32 bits per heavy atom. The van der Waals surface area contributed by atoms with E-state index in [1.807, 2.05) is 29.6 Å². The van der Waals surface area contributed by atoms with Crippen LogP contribution in [0.1, 0.15) is 26.7 Å². The van der Waals surface area contributed by atoms with Gasteiger partial charge in [0.05, 0.1) is 12.2 Å². The smallest absolute Gasteiger partial charge is 0.239 e. The number of carbonyl (C=O) groups is 1. The highest BCUT2D eigenvalue weighted by molar-refractivity contribution is 5.82. The van der Waals surface area contributed by atoms with Gasteiger partial charge in [-0.05, 0) is 24.7 Å². The van der Waals surface area contributed by atoms with Gasteiger partial charge in [-0.1, -0.05) is 19.1 Å². The fourth-order valence-corrected chi connectivity index (χ4v) is 2.50. The van der Waals surface area contributed by atoms with Crippen LogP contribution in [-0.4, -0.2) is 44.9 Å². The van der Waals surface area contributed by atoms with Gasteiger partial charge in [0.25, 0.3) is 0 Å². The van der Waals surface area contributed by atoms with Crippen LogP contribution in [-0.2, 0) is 11.3 Å². The van der Waals surface area contributed by atoms with E-state index in [1.54, 1.807) is 6.20 Å². The number of likely N-dealkylation sites (tertiary alicyclic amines) is 1. The van der Waals surface area contributed by atoms with Gasteiger partial charge in [-0.3, -0.25) is 9.48 Å². The molecule has 2 atom stereocenters. The topological polar surface area (TPSA) is 77.0 Å². The van der Waals surface area contributed by atoms with Crippen molar-refractivity contribution in [3.63, 3.8) is 0 Å². The number of carbonyl (C=O) groups excluding carboxylic acids is 1. The number of aromatic nitrogens is 3. The van der Waals surface area contributed by atoms with Crippen LogP contribution in [0.15, 0.2) is 12.4 Å². The molecule has 1 fully saturated rings. The highest BCUT2D eigenvalue weighted by Gasteiger charge is 2.28. The minimum atomic E-state index is -0.384. The molecule has 0 bridgehead atoms. The van der Waals surface area contributed by atoms with Crippen LogP contribution in [0, 0.1) is 11.8 Å². The molecule has 1 saturated heterocycles. The largest absolute Gasteiger partial charge is 0.341 e. The molecule has 0 aromatic carbocycles. The second-order valence-corrected chi connectivity index (χ2v) is 5.69. The van der Waals surface area contributed by atoms with Gasteiger partial charge in [-0.25, -0.2) is 0 Å². The summed E-state index contributed by atoms with van der Waals surface area (Å²) < 4.78 is 1.83. The van der Waals surface area contributed by atoms with E-state index in [0.717, 1.165) is 32.5 Å². The highest BCUT2D eigenvalue weighted by atomic mass is 16.2. The summed E-state index contributed by atoms with van der Waals surface area (Å²) >= 11 is 0. The first-order valence-electron chi connectivity index (χ1n) is 6.96. The molecule has 106 valence electrons. The molecule has 2 heterocycles. The standard InChI is InChI=1S/C13H23N5O/c1-10(2)12(14)13(19)17-6-3-4-11(8-17)9-18-7-5-15-16-18/h5,7,10-12H,3-4,6,8-9,14H2,1-2H3/t11?,12-/m0/s1. The Morgan fingerprint density at radius 1 is 1.53 bits per heavy atom. The number of nitrogens with two attached hydrogens (primary N) is 1. The van der Waals surface area contributed by atoms with Crippen LogP contribution in [0.2, 0.25) is 0 Å². The number of rotatable bonds is 4. The van der Waals surface area contributed by atoms with Crippen molar-refractivity contribution in [2.24, 2.45) is 17.6 Å². The second kappa shape index (κ2) is 6.14. The predicted molar refractivity (Wildman–Crippen MR) is 72.1 cm³/mol. The minimum absolute atomic E-state index is 0.0818. The Kier molecular flexibility index (Phi) is 4.52. The molecule has 1 aliphatic heterocycles. The molecule has 0 saturated carbocycles. The number of nitrogens with zero attached hydrogens (tertiary/aromatic N) is 4. The van der Waals surface area contributed by atoms with E-state index in [9.17, 15) is 4.79 Å². The van der Waals surface area contributed by atoms with Crippen LogP contribution < -0.4 is 5.73 Å². The van der Waals surface area contributed by atoms with Crippen molar-refractivity contribution in [2.75, 3.05) is 13.1 Å². The zero-order valence-corrected chi connectivity index (χ0v) is 11.7. The van der Waals surface area contributed by atoms with Crippen LogP contribution in [0.4, 0.5) is 0 Å². The zero-order valence-electron chi connectivity index (χ0n) is 11.7. The van der Waals surface area contributed by atoms with Crippen molar-refractivity contribution in [1.82, 2.24) is 19.9 Å². The molecule has 0 radical (unpaired) electrons. The molecule has 0 aliphatic carbocycles. The molecule has 2 rings (SSSR count). The van der Waals surface area contributed by atoms with Crippen LogP contribution >= 0.6 is 0 Å². The van der Waals surface area contributed by atoms with E-state index < -0.39 is 0 Å². The summed E-state index contributed by atoms with van der Waals surface area (Å²) in [5, 5.41) is 7.79. The molecule has 6 heteroatoms. The molecule has 19 heavy (non-hydrogen) atoms. The monoisotopic (exact) mass is 265 g/mol. The van der Waals surface area contributed by atoms with Crippen LogP contribution in [0.3, 0.4) is 0 Å². The summed E-state index contributed by atoms with van der Waals surface area (Å²) in [7, 11) is 0. The van der Waals surface area contributed by atoms with E-state index in [0.29, 0.717) is 5.92 Å². The lowest BCUT2D eigenvalue weighted by molar-refractivity contribution is -0.135. The summed E-state index contributed by atoms with van der Waals surface area (Å²) in [6.07, 6.45) is 5.71. The molecule has 6 nitrogen and oxygen atoms in total. The number of piperidine rings is 1. The Balaban J connectivity index is 1.91. The van der Waals surface area contributed by atoms with Gasteiger partial charge in [0, 0.05) is 25.8 Å². The van der Waals surface area contributed by atoms with E-state index in [1.165, 1.54) is 0 Å². The zero-order chi connectivity index (χ0) is 13.8. The van der Waals surface area contributed by atoms with Crippen molar-refractivity contribution in [3.8, 4) is 0 Å². The van der Waals surface area contributed by atoms with Crippen molar-refractivity contribution in [2.45, 2.75) is 39.3 Å². The van der Waals surface area contributed by atoms with E-state index in [4.69, 9.17) is 5.73 Å². The maximum atomic E-state index is 12.3. The van der Waals surface area contributed by atoms with Crippen molar-refractivity contribution in [3.05, 3.63) is 12.4 Å². The molecule has 1 aromatic rings. The SMILES string of the molecule is CC(C)[C@H](N)C(=O)N1CCCC(Cn2ccnn2)C1. The van der Waals surface area contributed by atoms with Gasteiger partial charge in [0.2, 0.25) is 5.91 Å². The third-order valence-electron chi connectivity index (χ3n) is 3.75. The molecule has 1 aromatic heterocycles. The molecule has 2 N–H and O–H groups in total. The second-order valence-electron chi connectivity index (χ2n) is 5.69. The first kappa shape index (κ1) is 14.0. The van der Waals surface area contributed by atoms with Gasteiger partial charge in [-0.15, -0.1) is 5.10 Å². The molecular weight excluding hydrogens is 242 g/mol. The lowest BCUT2D eigenvalue weighted by Crippen LogP contribution is -2.50. The highest BCUT2D eigenvalue weighted by Crippen LogP contribution is 2.19. The summed E-state index contributed by atoms with van der Waals surface area (Å²) in [4.78, 5) is 14.2. The fourth-order valence-electron chi connectivity index (χ4n) is 2.50. The Hall–Kier alpha value is -1.43. The van der Waals surface area contributed by atoms with Crippen molar-refractivity contribution in [1.29, 1.82) is 0 Å². The lowest BCUT2D eigenvalue weighted by atomic mass is 9.96. The van der Waals surface area contributed by atoms with Gasteiger partial charge in [0.1, 0.15) is 0 Å². The van der Waals surface area contributed by atoms with Crippen LogP contribution in [0.25, 0.3) is 0 Å². The van der Waals surface area contributed by atoms with Crippen LogP contribution in [0.5, 0.6) is 0 Å². The van der Waals surface area contributed by atoms with E-state index in [2.05, 4.69) is 10.3 Å². The Bertz CT molecular complexity index is 403. The van der Waals surface area contributed by atoms with E-state index in [-0.39, 0.29) is 17.9 Å². The Labute approximate surface area is 113 Å². The molecule has 1 amide bonds. The normalized spacial score (nSPS) is 21.7. The number of hydrogen-bond donors (Lipinski definition) is 1. The maximum Gasteiger partial charge on any atom is 0.239 e. The first-order valence-corrected chi connectivity index (χ1v) is 6.96. The summed E-state index contributed by atoms with van der Waals surface area (Å²) in [6, 6.07) is -0.384. The van der Waals surface area contributed by atoms with Gasteiger partial charge in [0.15, 0.2) is 0 Å². The number of hydrogen-bond acceptors (Lipinski definition) is 4. The van der Waals surface area contributed by atoms with Crippen molar-refractivity contribution < 1.29 is 4.79 Å². The predicted octanol–water partition coefficient (Wildman–Crippen LogP) is 0.500. The molecule has 1 aliphatic rings. The van der Waals surface area contributed by atoms with Gasteiger partial charge >= 0.3 is 0 Å². The molecular formula is C13H23N5O. The average molecular weight is 265 g/mol. The molecule has 0 spiro atoms. The summed E-state index contributed by atoms with van der Waals surface area (Å²) in [6.45, 7) is 6.39. The summed E-state index contributed by atoms with van der Waals surface area (Å²) in [5.74, 6) is 0.709. The Morgan fingerprint density at radius 3 is 2.95 bits per heavy atom. The third-order valence-corrected chi connectivity index (χ3v) is 3.75. The fraction of sp³-hybridized carbons (Fsp3) is 0.769. The third kappa shape index (κ3) is 3.53. The van der Waals surface area contributed by atoms with Gasteiger partial charge in [-0.2, -0.15) is 0 Å². The quantitative estimate of drug-likeness (QED) is 0.860. The minimum Gasteiger partial charge on any atom is -0.341 e. The molecule has 1 unspecified atom stereocenters. The van der Waals surface area contributed by atoms with Gasteiger partial charge < -0.3 is 10.6 Å².